The fraction of sp³-hybridized carbons (Fsp3) is 0.267. The van der Waals surface area contributed by atoms with E-state index in [1.54, 1.807) is 6.20 Å². The molecule has 5 heteroatoms. The van der Waals surface area contributed by atoms with E-state index in [9.17, 15) is 0 Å². The average molecular weight is 265 g/mol. The van der Waals surface area contributed by atoms with Gasteiger partial charge in [-0.15, -0.1) is 5.10 Å². The monoisotopic (exact) mass is 265 g/mol. The van der Waals surface area contributed by atoms with Gasteiger partial charge in [-0.2, -0.15) is 0 Å². The first-order valence-corrected chi connectivity index (χ1v) is 6.86. The molecule has 0 radical (unpaired) electrons. The third-order valence-corrected chi connectivity index (χ3v) is 3.95. The summed E-state index contributed by atoms with van der Waals surface area (Å²) in [4.78, 5) is 6.84. The van der Waals surface area contributed by atoms with Crippen LogP contribution in [-0.2, 0) is 0 Å². The molecule has 0 saturated carbocycles. The number of rotatable bonds is 2. The number of para-hydroxylation sites is 1. The minimum Gasteiger partial charge on any atom is -0.369 e. The Morgan fingerprint density at radius 2 is 2.05 bits per heavy atom. The first kappa shape index (κ1) is 11.4. The third-order valence-electron chi connectivity index (χ3n) is 3.95. The molecule has 100 valence electrons. The first-order chi connectivity index (χ1) is 9.92. The second kappa shape index (κ2) is 4.59. The zero-order chi connectivity index (χ0) is 13.4. The molecule has 0 bridgehead atoms. The Labute approximate surface area is 116 Å². The van der Waals surface area contributed by atoms with Crippen LogP contribution in [0.3, 0.4) is 0 Å². The Kier molecular flexibility index (Phi) is 2.62. The Morgan fingerprint density at radius 3 is 2.95 bits per heavy atom. The lowest BCUT2D eigenvalue weighted by Crippen LogP contribution is -2.21. The van der Waals surface area contributed by atoms with Crippen LogP contribution in [0, 0.1) is 0 Å². The normalized spacial score (nSPS) is 18.8. The summed E-state index contributed by atoms with van der Waals surface area (Å²) in [5.74, 6) is 0. The van der Waals surface area contributed by atoms with Crippen LogP contribution in [-0.4, -0.2) is 33.1 Å². The zero-order valence-electron chi connectivity index (χ0n) is 11.1. The molecular weight excluding hydrogens is 250 g/mol. The molecule has 0 amide bonds. The van der Waals surface area contributed by atoms with E-state index >= 15 is 0 Å². The van der Waals surface area contributed by atoms with Crippen molar-refractivity contribution in [1.29, 1.82) is 0 Å². The number of hydrogen-bond donors (Lipinski definition) is 0. The van der Waals surface area contributed by atoms with Gasteiger partial charge in [0.05, 0.1) is 17.8 Å². The standard InChI is InChI=1S/C15H15N5/c1-2-4-14-13(3-1)15(5-7-16-14)19-9-6-12(11-19)20-10-8-17-18-20/h1-5,7-8,10,12H,6,9,11H2. The Bertz CT molecular complexity index is 717. The SMILES string of the molecule is c1ccc2c(N3CCC(n4ccnn4)C3)ccnc2c1. The summed E-state index contributed by atoms with van der Waals surface area (Å²) in [5, 5.41) is 9.23. The van der Waals surface area contributed by atoms with Crippen molar-refractivity contribution in [2.75, 3.05) is 18.0 Å². The zero-order valence-corrected chi connectivity index (χ0v) is 11.1. The molecular formula is C15H15N5. The lowest BCUT2D eigenvalue weighted by Gasteiger charge is -2.20. The number of aromatic nitrogens is 4. The maximum Gasteiger partial charge on any atom is 0.0728 e. The fourth-order valence-electron chi connectivity index (χ4n) is 2.95. The van der Waals surface area contributed by atoms with Crippen LogP contribution in [0.25, 0.3) is 10.9 Å². The van der Waals surface area contributed by atoms with E-state index in [2.05, 4.69) is 44.5 Å². The topological polar surface area (TPSA) is 46.8 Å². The van der Waals surface area contributed by atoms with E-state index in [4.69, 9.17) is 0 Å². The number of benzene rings is 1. The van der Waals surface area contributed by atoms with Crippen molar-refractivity contribution >= 4 is 16.6 Å². The van der Waals surface area contributed by atoms with Crippen molar-refractivity contribution in [3.63, 3.8) is 0 Å². The summed E-state index contributed by atoms with van der Waals surface area (Å²) < 4.78 is 1.96. The number of nitrogens with zero attached hydrogens (tertiary/aromatic N) is 5. The van der Waals surface area contributed by atoms with Crippen LogP contribution in [0.2, 0.25) is 0 Å². The number of fused-ring (bicyclic) bond motifs is 1. The minimum absolute atomic E-state index is 0.407. The van der Waals surface area contributed by atoms with Crippen LogP contribution in [0.1, 0.15) is 12.5 Å². The van der Waals surface area contributed by atoms with E-state index in [0.717, 1.165) is 25.0 Å². The average Bonchev–Trinajstić information content (AvgIpc) is 3.17. The molecule has 5 nitrogen and oxygen atoms in total. The van der Waals surface area contributed by atoms with Crippen molar-refractivity contribution < 1.29 is 0 Å². The molecule has 1 saturated heterocycles. The molecule has 1 unspecified atom stereocenters. The quantitative estimate of drug-likeness (QED) is 0.713. The van der Waals surface area contributed by atoms with Crippen molar-refractivity contribution in [2.24, 2.45) is 0 Å². The first-order valence-electron chi connectivity index (χ1n) is 6.86. The van der Waals surface area contributed by atoms with Gasteiger partial charge in [0.1, 0.15) is 0 Å². The summed E-state index contributed by atoms with van der Waals surface area (Å²) in [6.45, 7) is 2.01. The second-order valence-electron chi connectivity index (χ2n) is 5.12. The van der Waals surface area contributed by atoms with E-state index in [1.807, 2.05) is 23.1 Å². The van der Waals surface area contributed by atoms with Crippen molar-refractivity contribution in [3.05, 3.63) is 48.9 Å². The van der Waals surface area contributed by atoms with Crippen molar-refractivity contribution in [3.8, 4) is 0 Å². The highest BCUT2D eigenvalue weighted by Gasteiger charge is 2.25. The maximum atomic E-state index is 4.43. The van der Waals surface area contributed by atoms with Gasteiger partial charge in [-0.1, -0.05) is 23.4 Å². The summed E-state index contributed by atoms with van der Waals surface area (Å²) >= 11 is 0. The molecule has 1 aliphatic rings. The van der Waals surface area contributed by atoms with Crippen LogP contribution in [0.4, 0.5) is 5.69 Å². The summed E-state index contributed by atoms with van der Waals surface area (Å²) in [5.41, 5.74) is 2.31. The molecule has 3 aromatic rings. The Hall–Kier alpha value is -2.43. The van der Waals surface area contributed by atoms with Crippen LogP contribution in [0.5, 0.6) is 0 Å². The van der Waals surface area contributed by atoms with Crippen molar-refractivity contribution in [1.82, 2.24) is 20.0 Å². The third kappa shape index (κ3) is 1.82. The van der Waals surface area contributed by atoms with Crippen LogP contribution >= 0.6 is 0 Å². The minimum atomic E-state index is 0.407. The van der Waals surface area contributed by atoms with Gasteiger partial charge in [0.2, 0.25) is 0 Å². The highest BCUT2D eigenvalue weighted by atomic mass is 15.4. The lowest BCUT2D eigenvalue weighted by atomic mass is 10.2. The Balaban J connectivity index is 1.68. The molecule has 2 aromatic heterocycles. The van der Waals surface area contributed by atoms with E-state index < -0.39 is 0 Å². The van der Waals surface area contributed by atoms with Crippen LogP contribution < -0.4 is 4.90 Å². The highest BCUT2D eigenvalue weighted by Crippen LogP contribution is 2.31. The Morgan fingerprint density at radius 1 is 1.10 bits per heavy atom. The smallest absolute Gasteiger partial charge is 0.0728 e. The van der Waals surface area contributed by atoms with Gasteiger partial charge in [0, 0.05) is 36.6 Å². The summed E-state index contributed by atoms with van der Waals surface area (Å²) in [7, 11) is 0. The molecule has 20 heavy (non-hydrogen) atoms. The predicted molar refractivity (Wildman–Crippen MR) is 77.6 cm³/mol. The maximum absolute atomic E-state index is 4.43. The number of hydrogen-bond acceptors (Lipinski definition) is 4. The van der Waals surface area contributed by atoms with Gasteiger partial charge >= 0.3 is 0 Å². The van der Waals surface area contributed by atoms with E-state index in [-0.39, 0.29) is 0 Å². The molecule has 1 fully saturated rings. The second-order valence-corrected chi connectivity index (χ2v) is 5.12. The molecule has 0 aliphatic carbocycles. The summed E-state index contributed by atoms with van der Waals surface area (Å²) in [6.07, 6.45) is 6.67. The van der Waals surface area contributed by atoms with Crippen LogP contribution in [0.15, 0.2) is 48.9 Å². The number of pyridine rings is 1. The molecule has 1 aromatic carbocycles. The van der Waals surface area contributed by atoms with E-state index in [0.29, 0.717) is 6.04 Å². The summed E-state index contributed by atoms with van der Waals surface area (Å²) in [6, 6.07) is 10.8. The fourth-order valence-corrected chi connectivity index (χ4v) is 2.95. The van der Waals surface area contributed by atoms with Gasteiger partial charge < -0.3 is 4.90 Å². The molecule has 3 heterocycles. The van der Waals surface area contributed by atoms with Gasteiger partial charge in [0.25, 0.3) is 0 Å². The lowest BCUT2D eigenvalue weighted by molar-refractivity contribution is 0.479. The van der Waals surface area contributed by atoms with Gasteiger partial charge in [-0.25, -0.2) is 4.68 Å². The van der Waals surface area contributed by atoms with Crippen molar-refractivity contribution in [2.45, 2.75) is 12.5 Å². The molecule has 4 rings (SSSR count). The molecule has 0 N–H and O–H groups in total. The molecule has 1 atom stereocenters. The number of anilines is 1. The molecule has 0 spiro atoms. The van der Waals surface area contributed by atoms with Gasteiger partial charge in [-0.05, 0) is 18.6 Å². The van der Waals surface area contributed by atoms with Gasteiger partial charge in [0.15, 0.2) is 0 Å². The molecule has 1 aliphatic heterocycles. The predicted octanol–water partition coefficient (Wildman–Crippen LogP) is 2.28. The largest absolute Gasteiger partial charge is 0.369 e. The van der Waals surface area contributed by atoms with Gasteiger partial charge in [-0.3, -0.25) is 4.98 Å². The van der Waals surface area contributed by atoms with E-state index in [1.165, 1.54) is 11.1 Å². The highest BCUT2D eigenvalue weighted by molar-refractivity contribution is 5.91.